The van der Waals surface area contributed by atoms with E-state index in [9.17, 15) is 10.1 Å². The monoisotopic (exact) mass is 586 g/mol. The van der Waals surface area contributed by atoms with Crippen LogP contribution in [0.4, 0.5) is 16.2 Å². The van der Waals surface area contributed by atoms with Crippen LogP contribution in [-0.4, -0.2) is 47.0 Å². The van der Waals surface area contributed by atoms with Gasteiger partial charge in [0.1, 0.15) is 27.4 Å². The van der Waals surface area contributed by atoms with Crippen molar-refractivity contribution in [2.75, 3.05) is 36.8 Å². The summed E-state index contributed by atoms with van der Waals surface area (Å²) in [6.45, 7) is 3.48. The first-order valence-electron chi connectivity index (χ1n) is 10.9. The van der Waals surface area contributed by atoms with Crippen LogP contribution in [0.3, 0.4) is 0 Å². The van der Waals surface area contributed by atoms with Crippen molar-refractivity contribution < 1.29 is 9.53 Å². The predicted octanol–water partition coefficient (Wildman–Crippen LogP) is 4.56. The number of nitrogens with two attached hydrogens (primary N) is 1. The van der Waals surface area contributed by atoms with E-state index in [2.05, 4.69) is 54.0 Å². The smallest absolute Gasteiger partial charge is 0.410 e. The lowest BCUT2D eigenvalue weighted by Crippen LogP contribution is -2.49. The molecule has 1 saturated heterocycles. The average Bonchev–Trinajstić information content (AvgIpc) is 3.14. The second kappa shape index (κ2) is 10.9. The molecule has 1 aliphatic rings. The van der Waals surface area contributed by atoms with Gasteiger partial charge in [-0.2, -0.15) is 10.4 Å². The number of ether oxygens (including phenoxy) is 1. The average molecular weight is 588 g/mol. The number of nitriles is 1. The molecule has 2 N–H and O–H groups in total. The summed E-state index contributed by atoms with van der Waals surface area (Å²) in [4.78, 5) is 16.4. The second-order valence-electron chi connectivity index (χ2n) is 7.94. The number of benzene rings is 2. The molecule has 4 rings (SSSR count). The van der Waals surface area contributed by atoms with E-state index in [0.29, 0.717) is 53.9 Å². The lowest BCUT2D eigenvalue weighted by Gasteiger charge is -2.35. The number of aryl methyl sites for hydroxylation is 2. The van der Waals surface area contributed by atoms with E-state index in [1.54, 1.807) is 9.58 Å². The maximum absolute atomic E-state index is 12.4. The first-order valence-corrected chi connectivity index (χ1v) is 12.5. The Morgan fingerprint density at radius 1 is 1.12 bits per heavy atom. The molecule has 0 unspecified atom stereocenters. The molecule has 2 heterocycles. The number of anilines is 2. The standard InChI is InChI=1S/C24H24Br2N6O2/c25-22-20(15-27)23(26)32(29-22)9-8-18-14-19(6-7-21(18)28)30-10-12-31(13-11-30)24(33)34-16-17-4-2-1-3-5-17/h1-7,14H,8-13,16,28H2. The molecule has 34 heavy (non-hydrogen) atoms. The van der Waals surface area contributed by atoms with Gasteiger partial charge in [-0.3, -0.25) is 4.68 Å². The zero-order valence-corrected chi connectivity index (χ0v) is 21.6. The third-order valence-electron chi connectivity index (χ3n) is 5.79. The number of amides is 1. The number of halogens is 2. The summed E-state index contributed by atoms with van der Waals surface area (Å²) < 4.78 is 8.37. The fourth-order valence-corrected chi connectivity index (χ4v) is 5.11. The van der Waals surface area contributed by atoms with Gasteiger partial charge in [-0.15, -0.1) is 0 Å². The molecular formula is C24H24Br2N6O2. The van der Waals surface area contributed by atoms with Crippen LogP contribution in [0.1, 0.15) is 16.7 Å². The maximum atomic E-state index is 12.4. The molecule has 176 valence electrons. The summed E-state index contributed by atoms with van der Waals surface area (Å²) in [6, 6.07) is 17.8. The number of rotatable bonds is 6. The normalized spacial score (nSPS) is 13.6. The minimum atomic E-state index is -0.283. The Morgan fingerprint density at radius 3 is 2.53 bits per heavy atom. The van der Waals surface area contributed by atoms with Crippen molar-refractivity contribution in [2.45, 2.75) is 19.6 Å². The SMILES string of the molecule is N#Cc1c(Br)nn(CCc2cc(N3CCN(C(=O)OCc4ccccc4)CC3)ccc2N)c1Br. The van der Waals surface area contributed by atoms with Gasteiger partial charge in [0.25, 0.3) is 0 Å². The van der Waals surface area contributed by atoms with Crippen LogP contribution in [-0.2, 0) is 24.3 Å². The van der Waals surface area contributed by atoms with Gasteiger partial charge in [0.05, 0.1) is 0 Å². The Balaban J connectivity index is 1.33. The van der Waals surface area contributed by atoms with Crippen molar-refractivity contribution in [1.29, 1.82) is 5.26 Å². The van der Waals surface area contributed by atoms with Crippen LogP contribution in [0, 0.1) is 11.3 Å². The summed E-state index contributed by atoms with van der Waals surface area (Å²) in [5.74, 6) is 0. The molecular weight excluding hydrogens is 564 g/mol. The number of carbonyl (C=O) groups is 1. The number of nitrogens with zero attached hydrogens (tertiary/aromatic N) is 5. The maximum Gasteiger partial charge on any atom is 0.410 e. The molecule has 0 bridgehead atoms. The zero-order valence-electron chi connectivity index (χ0n) is 18.5. The van der Waals surface area contributed by atoms with E-state index in [0.717, 1.165) is 22.5 Å². The van der Waals surface area contributed by atoms with Gasteiger partial charge < -0.3 is 20.3 Å². The van der Waals surface area contributed by atoms with Crippen molar-refractivity contribution in [3.63, 3.8) is 0 Å². The van der Waals surface area contributed by atoms with Crippen LogP contribution < -0.4 is 10.6 Å². The highest BCUT2D eigenvalue weighted by atomic mass is 79.9. The van der Waals surface area contributed by atoms with Crippen LogP contribution in [0.25, 0.3) is 0 Å². The van der Waals surface area contributed by atoms with Gasteiger partial charge in [-0.05, 0) is 67.6 Å². The van der Waals surface area contributed by atoms with Crippen molar-refractivity contribution in [2.24, 2.45) is 0 Å². The van der Waals surface area contributed by atoms with Crippen molar-refractivity contribution >= 4 is 49.3 Å². The van der Waals surface area contributed by atoms with Gasteiger partial charge >= 0.3 is 6.09 Å². The fraction of sp³-hybridized carbons (Fsp3) is 0.292. The quantitative estimate of drug-likeness (QED) is 0.424. The van der Waals surface area contributed by atoms with Crippen molar-refractivity contribution in [1.82, 2.24) is 14.7 Å². The minimum absolute atomic E-state index is 0.278. The third-order valence-corrected chi connectivity index (χ3v) is 7.15. The first kappa shape index (κ1) is 24.1. The van der Waals surface area contributed by atoms with Gasteiger partial charge in [0, 0.05) is 44.1 Å². The van der Waals surface area contributed by atoms with Crippen LogP contribution >= 0.6 is 31.9 Å². The van der Waals surface area contributed by atoms with E-state index >= 15 is 0 Å². The molecule has 1 fully saturated rings. The Morgan fingerprint density at radius 2 is 1.85 bits per heavy atom. The van der Waals surface area contributed by atoms with Crippen LogP contribution in [0.15, 0.2) is 57.7 Å². The Labute approximate surface area is 215 Å². The predicted molar refractivity (Wildman–Crippen MR) is 137 cm³/mol. The lowest BCUT2D eigenvalue weighted by molar-refractivity contribution is 0.0942. The largest absolute Gasteiger partial charge is 0.445 e. The second-order valence-corrected chi connectivity index (χ2v) is 9.44. The topological polar surface area (TPSA) is 100 Å². The highest BCUT2D eigenvalue weighted by Crippen LogP contribution is 2.26. The summed E-state index contributed by atoms with van der Waals surface area (Å²) >= 11 is 6.76. The molecule has 0 saturated carbocycles. The minimum Gasteiger partial charge on any atom is -0.445 e. The van der Waals surface area contributed by atoms with Gasteiger partial charge in [0.15, 0.2) is 0 Å². The number of aromatic nitrogens is 2. The molecule has 3 aromatic rings. The fourth-order valence-electron chi connectivity index (χ4n) is 3.84. The van der Waals surface area contributed by atoms with E-state index in [-0.39, 0.29) is 12.7 Å². The Kier molecular flexibility index (Phi) is 7.75. The van der Waals surface area contributed by atoms with Crippen LogP contribution in [0.5, 0.6) is 0 Å². The van der Waals surface area contributed by atoms with E-state index in [1.807, 2.05) is 42.5 Å². The molecule has 8 nitrogen and oxygen atoms in total. The highest BCUT2D eigenvalue weighted by Gasteiger charge is 2.23. The molecule has 10 heteroatoms. The molecule has 1 aromatic heterocycles. The lowest BCUT2D eigenvalue weighted by atomic mass is 10.1. The number of hydrogen-bond acceptors (Lipinski definition) is 6. The number of nitrogen functional groups attached to an aromatic ring is 1. The molecule has 0 spiro atoms. The van der Waals surface area contributed by atoms with E-state index in [4.69, 9.17) is 10.5 Å². The zero-order chi connectivity index (χ0) is 24.1. The van der Waals surface area contributed by atoms with Crippen molar-refractivity contribution in [3.05, 3.63) is 74.4 Å². The van der Waals surface area contributed by atoms with Crippen LogP contribution in [0.2, 0.25) is 0 Å². The molecule has 1 aliphatic heterocycles. The number of hydrogen-bond donors (Lipinski definition) is 1. The summed E-state index contributed by atoms with van der Waals surface area (Å²) in [7, 11) is 0. The number of carbonyl (C=O) groups excluding carboxylic acids is 1. The molecule has 2 aromatic carbocycles. The molecule has 0 aliphatic carbocycles. The Hall–Kier alpha value is -3.03. The summed E-state index contributed by atoms with van der Waals surface area (Å²) in [5.41, 5.74) is 10.5. The van der Waals surface area contributed by atoms with Gasteiger partial charge in [-0.25, -0.2) is 4.79 Å². The van der Waals surface area contributed by atoms with E-state index in [1.165, 1.54) is 0 Å². The third kappa shape index (κ3) is 5.54. The van der Waals surface area contributed by atoms with Gasteiger partial charge in [0.2, 0.25) is 0 Å². The summed E-state index contributed by atoms with van der Waals surface area (Å²) in [5, 5.41) is 13.6. The highest BCUT2D eigenvalue weighted by molar-refractivity contribution is 9.11. The molecule has 1 amide bonds. The van der Waals surface area contributed by atoms with E-state index < -0.39 is 0 Å². The van der Waals surface area contributed by atoms with Gasteiger partial charge in [-0.1, -0.05) is 30.3 Å². The number of piperazine rings is 1. The molecule has 0 atom stereocenters. The Bertz CT molecular complexity index is 1200. The first-order chi connectivity index (χ1) is 16.5. The molecule has 0 radical (unpaired) electrons. The van der Waals surface area contributed by atoms with Crippen molar-refractivity contribution in [3.8, 4) is 6.07 Å². The summed E-state index contributed by atoms with van der Waals surface area (Å²) in [6.07, 6.45) is 0.387.